The van der Waals surface area contributed by atoms with E-state index in [1.165, 1.54) is 74.2 Å². The molecule has 2 aromatic rings. The Bertz CT molecular complexity index is 649. The normalized spacial score (nSPS) is 19.3. The molecule has 0 bridgehead atoms. The Hall–Kier alpha value is 0.0895. The van der Waals surface area contributed by atoms with Crippen molar-refractivity contribution in [3.8, 4) is 0 Å². The second-order valence-electron chi connectivity index (χ2n) is 9.08. The van der Waals surface area contributed by atoms with Crippen molar-refractivity contribution in [3.05, 3.63) is 52.5 Å². The van der Waals surface area contributed by atoms with E-state index in [1.807, 2.05) is 30.3 Å². The fraction of sp³-hybridized carbons (Fsp3) is 0.615. The molecule has 30 heavy (non-hydrogen) atoms. The maximum atomic E-state index is 4.04. The quantitative estimate of drug-likeness (QED) is 0.215. The standard InChI is InChI=1S/C21H34BrNP.C5H5.Fe/c1-16(23(2)3)19-14-15-20(21(19)22)24(17-10-6-4-7-11-17)18-12-8-5-9-13-18;1-2-4-5-3-1;/h14-18H,4-13H2,1-3H3;1-5H;/q-1;-5;. The van der Waals surface area contributed by atoms with Crippen LogP contribution in [-0.2, 0) is 17.1 Å². The summed E-state index contributed by atoms with van der Waals surface area (Å²) in [5.74, 6) is 0. The third-order valence-electron chi connectivity index (χ3n) is 6.89. The van der Waals surface area contributed by atoms with E-state index in [0.717, 1.165) is 11.3 Å². The Kier molecular flexibility index (Phi) is 11.9. The number of nitrogens with zero attached hydrogens (tertiary/aromatic N) is 1. The van der Waals surface area contributed by atoms with Crippen LogP contribution in [0, 0.1) is 0 Å². The topological polar surface area (TPSA) is 3.24 Å². The SMILES string of the molecule is CC([c-]1ccc(P(C2CCCCC2)C2CCCCC2)c1Br)N(C)C.[Fe].[cH-]1[cH-][cH-][cH-][cH-]1. The molecule has 1 atom stereocenters. The van der Waals surface area contributed by atoms with Crippen LogP contribution in [0.4, 0.5) is 0 Å². The van der Waals surface area contributed by atoms with Gasteiger partial charge in [0.15, 0.2) is 0 Å². The predicted octanol–water partition coefficient (Wildman–Crippen LogP) is 7.97. The molecule has 174 valence electrons. The summed E-state index contributed by atoms with van der Waals surface area (Å²) in [5, 5.41) is 1.70. The van der Waals surface area contributed by atoms with E-state index in [4.69, 9.17) is 0 Å². The summed E-state index contributed by atoms with van der Waals surface area (Å²) in [7, 11) is 4.38. The minimum Gasteiger partial charge on any atom is -0.748 e. The first-order chi connectivity index (χ1) is 14.1. The molecular weight excluding hydrogens is 493 g/mol. The van der Waals surface area contributed by atoms with E-state index in [9.17, 15) is 0 Å². The van der Waals surface area contributed by atoms with Gasteiger partial charge in [0, 0.05) is 17.1 Å². The average molecular weight is 532 g/mol. The molecule has 0 heterocycles. The van der Waals surface area contributed by atoms with Crippen molar-refractivity contribution in [1.29, 1.82) is 0 Å². The summed E-state index contributed by atoms with van der Waals surface area (Å²) in [6.45, 7) is 2.33. The fourth-order valence-electron chi connectivity index (χ4n) is 4.99. The van der Waals surface area contributed by atoms with E-state index in [0.29, 0.717) is 6.04 Å². The molecule has 2 aromatic carbocycles. The molecule has 0 radical (unpaired) electrons. The van der Waals surface area contributed by atoms with Gasteiger partial charge in [-0.25, -0.2) is 6.07 Å². The van der Waals surface area contributed by atoms with Gasteiger partial charge < -0.3 is 35.2 Å². The molecular formula is C26H39BrFeNP-6. The van der Waals surface area contributed by atoms with Gasteiger partial charge in [0.05, 0.1) is 0 Å². The maximum Gasteiger partial charge on any atom is 0 e. The van der Waals surface area contributed by atoms with Crippen molar-refractivity contribution >= 4 is 29.2 Å². The predicted molar refractivity (Wildman–Crippen MR) is 134 cm³/mol. The van der Waals surface area contributed by atoms with Crippen LogP contribution in [0.25, 0.3) is 0 Å². The third-order valence-corrected chi connectivity index (χ3v) is 11.6. The summed E-state index contributed by atoms with van der Waals surface area (Å²) >= 11 is 4.04. The molecule has 2 fully saturated rings. The molecule has 1 nitrogen and oxygen atoms in total. The van der Waals surface area contributed by atoms with E-state index >= 15 is 0 Å². The van der Waals surface area contributed by atoms with Gasteiger partial charge in [-0.05, 0) is 57.1 Å². The van der Waals surface area contributed by atoms with Gasteiger partial charge in [0.25, 0.3) is 0 Å². The number of halogens is 1. The summed E-state index contributed by atoms with van der Waals surface area (Å²) in [6, 6.07) is 15.4. The molecule has 0 aliphatic heterocycles. The molecule has 0 spiro atoms. The van der Waals surface area contributed by atoms with Crippen LogP contribution in [0.2, 0.25) is 0 Å². The van der Waals surface area contributed by atoms with Gasteiger partial charge in [0.1, 0.15) is 0 Å². The van der Waals surface area contributed by atoms with Crippen molar-refractivity contribution < 1.29 is 17.1 Å². The molecule has 2 saturated carbocycles. The average Bonchev–Trinajstić information content (AvgIpc) is 3.44. The Morgan fingerprint density at radius 2 is 1.33 bits per heavy atom. The third kappa shape index (κ3) is 7.05. The minimum atomic E-state index is -0.00154. The Morgan fingerprint density at radius 1 is 0.900 bits per heavy atom. The van der Waals surface area contributed by atoms with Crippen molar-refractivity contribution in [2.45, 2.75) is 88.5 Å². The maximum absolute atomic E-state index is 4.04. The van der Waals surface area contributed by atoms with Gasteiger partial charge in [-0.1, -0.05) is 65.9 Å². The zero-order valence-corrected chi connectivity index (χ0v) is 22.6. The van der Waals surface area contributed by atoms with E-state index in [2.05, 4.69) is 54.0 Å². The molecule has 0 N–H and O–H groups in total. The first-order valence-corrected chi connectivity index (χ1v) is 13.9. The van der Waals surface area contributed by atoms with E-state index in [-0.39, 0.29) is 25.0 Å². The van der Waals surface area contributed by atoms with Crippen molar-refractivity contribution in [1.82, 2.24) is 4.90 Å². The van der Waals surface area contributed by atoms with Crippen molar-refractivity contribution in [2.24, 2.45) is 0 Å². The summed E-state index contributed by atoms with van der Waals surface area (Å²) in [4.78, 5) is 2.33. The van der Waals surface area contributed by atoms with Gasteiger partial charge in [0.2, 0.25) is 0 Å². The molecule has 0 amide bonds. The molecule has 0 saturated heterocycles. The van der Waals surface area contributed by atoms with Gasteiger partial charge >= 0.3 is 0 Å². The summed E-state index contributed by atoms with van der Waals surface area (Å²) in [5.41, 5.74) is 3.46. The van der Waals surface area contributed by atoms with Crippen molar-refractivity contribution in [2.75, 3.05) is 14.1 Å². The fourth-order valence-corrected chi connectivity index (χ4v) is 10.0. The molecule has 1 unspecified atom stereocenters. The zero-order valence-electron chi connectivity index (χ0n) is 19.0. The summed E-state index contributed by atoms with van der Waals surface area (Å²) < 4.78 is 1.45. The second kappa shape index (κ2) is 13.6. The first-order valence-electron chi connectivity index (χ1n) is 11.7. The minimum absolute atomic E-state index is 0. The van der Waals surface area contributed by atoms with Gasteiger partial charge in [-0.2, -0.15) is 11.4 Å². The Morgan fingerprint density at radius 3 is 1.73 bits per heavy atom. The van der Waals surface area contributed by atoms with E-state index in [1.54, 1.807) is 5.30 Å². The number of hydrogen-bond donors (Lipinski definition) is 0. The molecule has 4 heteroatoms. The number of rotatable bonds is 5. The summed E-state index contributed by atoms with van der Waals surface area (Å²) in [6.07, 6.45) is 14.7. The van der Waals surface area contributed by atoms with Crippen LogP contribution in [0.15, 0.2) is 46.9 Å². The van der Waals surface area contributed by atoms with Crippen LogP contribution in [0.3, 0.4) is 0 Å². The van der Waals surface area contributed by atoms with Crippen LogP contribution < -0.4 is 5.30 Å². The molecule has 4 rings (SSSR count). The van der Waals surface area contributed by atoms with Crippen LogP contribution in [0.5, 0.6) is 0 Å². The Balaban J connectivity index is 0.000000468. The van der Waals surface area contributed by atoms with Crippen LogP contribution in [0.1, 0.15) is 82.7 Å². The first kappa shape index (κ1) is 26.3. The number of hydrogen-bond acceptors (Lipinski definition) is 1. The second-order valence-corrected chi connectivity index (χ2v) is 12.6. The van der Waals surface area contributed by atoms with Crippen molar-refractivity contribution in [3.63, 3.8) is 0 Å². The molecule has 2 aliphatic carbocycles. The largest absolute Gasteiger partial charge is 0.748 e. The molecule has 0 aromatic heterocycles. The van der Waals surface area contributed by atoms with Crippen LogP contribution in [-0.4, -0.2) is 30.3 Å². The van der Waals surface area contributed by atoms with Crippen LogP contribution >= 0.6 is 23.9 Å². The van der Waals surface area contributed by atoms with Gasteiger partial charge in [-0.15, -0.1) is 13.5 Å². The van der Waals surface area contributed by atoms with Gasteiger partial charge in [-0.3, -0.25) is 0 Å². The van der Waals surface area contributed by atoms with E-state index < -0.39 is 0 Å². The monoisotopic (exact) mass is 531 g/mol. The Labute approximate surface area is 205 Å². The smallest absolute Gasteiger partial charge is 0 e. The zero-order chi connectivity index (χ0) is 20.6. The molecule has 2 aliphatic rings.